The molecule has 2 aromatic carbocycles. The summed E-state index contributed by atoms with van der Waals surface area (Å²) in [5.74, 6) is 0.405. The molecule has 2 aromatic rings. The van der Waals surface area contributed by atoms with Crippen molar-refractivity contribution in [3.8, 4) is 11.8 Å². The highest BCUT2D eigenvalue weighted by Gasteiger charge is 2.55. The van der Waals surface area contributed by atoms with Crippen LogP contribution in [0, 0.1) is 17.2 Å². The van der Waals surface area contributed by atoms with Crippen molar-refractivity contribution in [3.63, 3.8) is 0 Å². The fraction of sp³-hybridized carbons (Fsp3) is 0.458. The van der Waals surface area contributed by atoms with Crippen LogP contribution in [0.15, 0.2) is 42.5 Å². The Kier molecular flexibility index (Phi) is 5.93. The third kappa shape index (κ3) is 4.33. The molecule has 2 heterocycles. The summed E-state index contributed by atoms with van der Waals surface area (Å²) in [5.41, 5.74) is 0.957. The number of ether oxygens (including phenoxy) is 1. The molecular formula is C24H29N3O4S. The summed E-state index contributed by atoms with van der Waals surface area (Å²) in [6.07, 6.45) is 3.75. The summed E-state index contributed by atoms with van der Waals surface area (Å²) >= 11 is 0. The van der Waals surface area contributed by atoms with Crippen molar-refractivity contribution in [2.45, 2.75) is 43.8 Å². The first kappa shape index (κ1) is 22.6. The Morgan fingerprint density at radius 3 is 2.53 bits per heavy atom. The molecule has 4 rings (SSSR count). The van der Waals surface area contributed by atoms with Gasteiger partial charge in [0.1, 0.15) is 11.4 Å². The molecule has 2 atom stereocenters. The maximum atomic E-state index is 12.2. The largest absolute Gasteiger partial charge is 0.486 e. The zero-order valence-electron chi connectivity index (χ0n) is 18.4. The minimum Gasteiger partial charge on any atom is -0.486 e. The molecule has 0 aromatic heterocycles. The topological polar surface area (TPSA) is 111 Å². The van der Waals surface area contributed by atoms with Gasteiger partial charge in [0.25, 0.3) is 0 Å². The van der Waals surface area contributed by atoms with Crippen LogP contribution < -0.4 is 14.8 Å². The Hall–Kier alpha value is -2.60. The lowest BCUT2D eigenvalue weighted by Gasteiger charge is -2.53. The molecule has 1 unspecified atom stereocenters. The number of hydrogen-bond acceptors (Lipinski definition) is 6. The lowest BCUT2D eigenvalue weighted by atomic mass is 9.65. The standard InChI is InChI=1S/C24H29N3O4S/c1-17-23(11-13-26-14-12-23)31-22-8-7-20(27-32(2,29)30)15-21(22)24(17,28)10-9-18-3-5-19(16-25)6-4-18/h3-8,15,17,26-28H,9-14H2,1-2H3/t17?,24-/m1/s1. The van der Waals surface area contributed by atoms with E-state index in [2.05, 4.69) is 16.1 Å². The molecule has 2 aliphatic heterocycles. The summed E-state index contributed by atoms with van der Waals surface area (Å²) in [5, 5.41) is 24.6. The van der Waals surface area contributed by atoms with Crippen molar-refractivity contribution in [2.75, 3.05) is 24.1 Å². The number of benzene rings is 2. The predicted octanol–water partition coefficient (Wildman–Crippen LogP) is 2.90. The Labute approximate surface area is 189 Å². The summed E-state index contributed by atoms with van der Waals surface area (Å²) in [4.78, 5) is 0. The first-order valence-corrected chi connectivity index (χ1v) is 12.8. The fourth-order valence-corrected chi connectivity index (χ4v) is 5.58. The van der Waals surface area contributed by atoms with E-state index in [-0.39, 0.29) is 5.92 Å². The van der Waals surface area contributed by atoms with E-state index in [0.717, 1.165) is 37.8 Å². The molecule has 0 radical (unpaired) electrons. The molecule has 0 aliphatic carbocycles. The van der Waals surface area contributed by atoms with Crippen molar-refractivity contribution in [1.29, 1.82) is 5.26 Å². The number of aliphatic hydroxyl groups is 1. The van der Waals surface area contributed by atoms with Gasteiger partial charge in [-0.25, -0.2) is 8.42 Å². The second kappa shape index (κ2) is 8.39. The minimum absolute atomic E-state index is 0.198. The number of rotatable bonds is 5. The highest BCUT2D eigenvalue weighted by molar-refractivity contribution is 7.92. The zero-order chi connectivity index (χ0) is 23.0. The van der Waals surface area contributed by atoms with E-state index >= 15 is 0 Å². The van der Waals surface area contributed by atoms with Gasteiger partial charge in [0.05, 0.1) is 23.5 Å². The van der Waals surface area contributed by atoms with Crippen molar-refractivity contribution in [2.24, 2.45) is 5.92 Å². The smallest absolute Gasteiger partial charge is 0.229 e. The third-order valence-electron chi connectivity index (χ3n) is 6.90. The number of nitrogens with zero attached hydrogens (tertiary/aromatic N) is 1. The fourth-order valence-electron chi connectivity index (χ4n) is 5.03. The molecule has 1 fully saturated rings. The van der Waals surface area contributed by atoms with E-state index in [0.29, 0.717) is 35.4 Å². The van der Waals surface area contributed by atoms with Crippen LogP contribution >= 0.6 is 0 Å². The molecular weight excluding hydrogens is 426 g/mol. The van der Waals surface area contributed by atoms with E-state index in [9.17, 15) is 13.5 Å². The number of hydrogen-bond donors (Lipinski definition) is 3. The first-order chi connectivity index (χ1) is 15.2. The van der Waals surface area contributed by atoms with E-state index in [1.165, 1.54) is 0 Å². The van der Waals surface area contributed by atoms with Crippen LogP contribution in [0.25, 0.3) is 0 Å². The third-order valence-corrected chi connectivity index (χ3v) is 7.50. The summed E-state index contributed by atoms with van der Waals surface area (Å²) in [7, 11) is -3.45. The van der Waals surface area contributed by atoms with Crippen LogP contribution in [0.3, 0.4) is 0 Å². The van der Waals surface area contributed by atoms with Crippen molar-refractivity contribution < 1.29 is 18.3 Å². The maximum absolute atomic E-state index is 12.2. The molecule has 0 amide bonds. The van der Waals surface area contributed by atoms with Gasteiger partial charge in [-0.05, 0) is 74.7 Å². The molecule has 3 N–H and O–H groups in total. The Morgan fingerprint density at radius 1 is 1.22 bits per heavy atom. The lowest BCUT2D eigenvalue weighted by molar-refractivity contribution is -0.147. The van der Waals surface area contributed by atoms with Crippen LogP contribution in [-0.4, -0.2) is 38.5 Å². The average molecular weight is 456 g/mol. The van der Waals surface area contributed by atoms with Crippen molar-refractivity contribution >= 4 is 15.7 Å². The van der Waals surface area contributed by atoms with Gasteiger partial charge in [0.15, 0.2) is 0 Å². The summed E-state index contributed by atoms with van der Waals surface area (Å²) in [6.45, 7) is 3.67. The van der Waals surface area contributed by atoms with Gasteiger partial charge in [-0.15, -0.1) is 0 Å². The van der Waals surface area contributed by atoms with Crippen LogP contribution in [0.2, 0.25) is 0 Å². The normalized spacial score (nSPS) is 24.2. The summed E-state index contributed by atoms with van der Waals surface area (Å²) < 4.78 is 32.6. The number of fused-ring (bicyclic) bond motifs is 1. The van der Waals surface area contributed by atoms with Gasteiger partial charge >= 0.3 is 0 Å². The van der Waals surface area contributed by atoms with Gasteiger partial charge in [-0.1, -0.05) is 19.1 Å². The van der Waals surface area contributed by atoms with Crippen LogP contribution in [0.4, 0.5) is 5.69 Å². The number of sulfonamides is 1. The summed E-state index contributed by atoms with van der Waals surface area (Å²) in [6, 6.07) is 14.6. The zero-order valence-corrected chi connectivity index (χ0v) is 19.2. The Balaban J connectivity index is 1.72. The lowest BCUT2D eigenvalue weighted by Crippen LogP contribution is -2.59. The van der Waals surface area contributed by atoms with E-state index < -0.39 is 21.2 Å². The number of aryl methyl sites for hydroxylation is 1. The van der Waals surface area contributed by atoms with Crippen molar-refractivity contribution in [1.82, 2.24) is 5.32 Å². The highest BCUT2D eigenvalue weighted by Crippen LogP contribution is 2.53. The predicted molar refractivity (Wildman–Crippen MR) is 123 cm³/mol. The van der Waals surface area contributed by atoms with Gasteiger partial charge in [0, 0.05) is 17.2 Å². The molecule has 2 aliphatic rings. The van der Waals surface area contributed by atoms with Gasteiger partial charge in [0.2, 0.25) is 10.0 Å². The minimum atomic E-state index is -3.45. The second-order valence-corrected chi connectivity index (χ2v) is 10.7. The number of anilines is 1. The van der Waals surface area contributed by atoms with Gasteiger partial charge < -0.3 is 15.2 Å². The Bertz CT molecular complexity index is 1130. The maximum Gasteiger partial charge on any atom is 0.229 e. The molecule has 7 nitrogen and oxygen atoms in total. The van der Waals surface area contributed by atoms with Crippen LogP contribution in [0.1, 0.15) is 42.9 Å². The SMILES string of the molecule is CC1C2(CCNCC2)Oc2ccc(NS(C)(=O)=O)cc2[C@@]1(O)CCc1ccc(C#N)cc1. The number of nitriles is 1. The van der Waals surface area contributed by atoms with Crippen LogP contribution in [0.5, 0.6) is 5.75 Å². The van der Waals surface area contributed by atoms with E-state index in [1.807, 2.05) is 19.1 Å². The quantitative estimate of drug-likeness (QED) is 0.639. The first-order valence-electron chi connectivity index (χ1n) is 10.9. The highest BCUT2D eigenvalue weighted by atomic mass is 32.2. The monoisotopic (exact) mass is 455 g/mol. The molecule has 32 heavy (non-hydrogen) atoms. The van der Waals surface area contributed by atoms with Gasteiger partial charge in [-0.3, -0.25) is 4.72 Å². The number of piperidine rings is 1. The Morgan fingerprint density at radius 2 is 1.91 bits per heavy atom. The van der Waals surface area contributed by atoms with Gasteiger partial charge in [-0.2, -0.15) is 5.26 Å². The van der Waals surface area contributed by atoms with Crippen molar-refractivity contribution in [3.05, 3.63) is 59.2 Å². The molecule has 1 spiro atoms. The molecule has 8 heteroatoms. The molecule has 0 bridgehead atoms. The molecule has 0 saturated carbocycles. The molecule has 170 valence electrons. The van der Waals surface area contributed by atoms with Crippen LogP contribution in [-0.2, 0) is 22.0 Å². The second-order valence-electron chi connectivity index (χ2n) is 8.96. The van der Waals surface area contributed by atoms with E-state index in [4.69, 9.17) is 10.00 Å². The molecule has 1 saturated heterocycles. The van der Waals surface area contributed by atoms with E-state index in [1.54, 1.807) is 30.3 Å². The average Bonchev–Trinajstić information content (AvgIpc) is 2.77. The number of nitrogens with one attached hydrogen (secondary N) is 2.